The monoisotopic (exact) mass is 312 g/mol. The quantitative estimate of drug-likeness (QED) is 0.725. The standard InChI is InChI=1S/C15H25ClN4O/c1-11(2)20(4)8-6-5-7-18-15(21)12-9-13(16)14(17-3)19-10-12/h9-11H,5-8H2,1-4H3,(H,17,19)(H,18,21). The topological polar surface area (TPSA) is 57.3 Å². The number of nitrogens with one attached hydrogen (secondary N) is 2. The second-order valence-electron chi connectivity index (χ2n) is 5.34. The van der Waals surface area contributed by atoms with Gasteiger partial charge in [0.1, 0.15) is 5.82 Å². The Kier molecular flexibility index (Phi) is 7.47. The van der Waals surface area contributed by atoms with Crippen molar-refractivity contribution in [1.29, 1.82) is 0 Å². The number of carbonyl (C=O) groups is 1. The van der Waals surface area contributed by atoms with Crippen molar-refractivity contribution < 1.29 is 4.79 Å². The number of hydrogen-bond acceptors (Lipinski definition) is 4. The van der Waals surface area contributed by atoms with Crippen LogP contribution in [0.4, 0.5) is 5.82 Å². The minimum absolute atomic E-state index is 0.135. The maximum atomic E-state index is 12.0. The Morgan fingerprint density at radius 3 is 2.71 bits per heavy atom. The lowest BCUT2D eigenvalue weighted by Crippen LogP contribution is -2.29. The van der Waals surface area contributed by atoms with Gasteiger partial charge in [-0.2, -0.15) is 0 Å². The van der Waals surface area contributed by atoms with E-state index in [0.29, 0.717) is 29.0 Å². The number of anilines is 1. The van der Waals surface area contributed by atoms with Crippen LogP contribution in [0.5, 0.6) is 0 Å². The summed E-state index contributed by atoms with van der Waals surface area (Å²) in [6.45, 7) is 6.05. The fourth-order valence-electron chi connectivity index (χ4n) is 1.79. The van der Waals surface area contributed by atoms with Gasteiger partial charge < -0.3 is 15.5 Å². The van der Waals surface area contributed by atoms with Gasteiger partial charge >= 0.3 is 0 Å². The molecule has 0 aliphatic rings. The second kappa shape index (κ2) is 8.85. The minimum Gasteiger partial charge on any atom is -0.372 e. The van der Waals surface area contributed by atoms with Crippen molar-refractivity contribution in [2.45, 2.75) is 32.7 Å². The molecule has 0 bridgehead atoms. The number of carbonyl (C=O) groups excluding carboxylic acids is 1. The van der Waals surface area contributed by atoms with Gasteiger partial charge in [0, 0.05) is 25.8 Å². The molecule has 0 fully saturated rings. The Morgan fingerprint density at radius 2 is 2.14 bits per heavy atom. The van der Waals surface area contributed by atoms with Gasteiger partial charge in [-0.3, -0.25) is 4.79 Å². The number of unbranched alkanes of at least 4 members (excludes halogenated alkanes) is 1. The third-order valence-electron chi connectivity index (χ3n) is 3.44. The summed E-state index contributed by atoms with van der Waals surface area (Å²) in [4.78, 5) is 18.3. The van der Waals surface area contributed by atoms with Crippen LogP contribution in [0.1, 0.15) is 37.0 Å². The Hall–Kier alpha value is -1.33. The van der Waals surface area contributed by atoms with Gasteiger partial charge in [-0.25, -0.2) is 4.98 Å². The molecule has 1 heterocycles. The SMILES string of the molecule is CNc1ncc(C(=O)NCCCCN(C)C(C)C)cc1Cl. The molecule has 0 spiro atoms. The first-order valence-electron chi connectivity index (χ1n) is 7.27. The van der Waals surface area contributed by atoms with E-state index in [-0.39, 0.29) is 5.91 Å². The van der Waals surface area contributed by atoms with E-state index in [1.807, 2.05) is 0 Å². The normalized spacial score (nSPS) is 11.0. The van der Waals surface area contributed by atoms with E-state index in [1.54, 1.807) is 13.1 Å². The Bertz CT molecular complexity index is 465. The number of aromatic nitrogens is 1. The molecule has 1 rings (SSSR count). The number of hydrogen-bond donors (Lipinski definition) is 2. The van der Waals surface area contributed by atoms with Crippen molar-refractivity contribution in [1.82, 2.24) is 15.2 Å². The van der Waals surface area contributed by atoms with Crippen molar-refractivity contribution in [3.8, 4) is 0 Å². The minimum atomic E-state index is -0.135. The third kappa shape index (κ3) is 5.89. The van der Waals surface area contributed by atoms with Crippen molar-refractivity contribution >= 4 is 23.3 Å². The van der Waals surface area contributed by atoms with Crippen LogP contribution in [0.3, 0.4) is 0 Å². The zero-order valence-electron chi connectivity index (χ0n) is 13.2. The Balaban J connectivity index is 2.33. The lowest BCUT2D eigenvalue weighted by molar-refractivity contribution is 0.0952. The van der Waals surface area contributed by atoms with Crippen LogP contribution in [0, 0.1) is 0 Å². The first-order valence-corrected chi connectivity index (χ1v) is 7.65. The first-order chi connectivity index (χ1) is 9.95. The van der Waals surface area contributed by atoms with Crippen LogP contribution in [-0.2, 0) is 0 Å². The lowest BCUT2D eigenvalue weighted by atomic mass is 10.2. The molecule has 0 saturated heterocycles. The highest BCUT2D eigenvalue weighted by Gasteiger charge is 2.09. The molecular formula is C15H25ClN4O. The van der Waals surface area contributed by atoms with Gasteiger partial charge in [0.15, 0.2) is 0 Å². The predicted octanol–water partition coefficient (Wildman–Crippen LogP) is 2.63. The molecule has 1 aromatic heterocycles. The number of pyridine rings is 1. The molecule has 0 aromatic carbocycles. The molecule has 2 N–H and O–H groups in total. The van der Waals surface area contributed by atoms with Crippen LogP contribution < -0.4 is 10.6 Å². The Labute approximate surface area is 132 Å². The van der Waals surface area contributed by atoms with E-state index >= 15 is 0 Å². The molecule has 0 unspecified atom stereocenters. The van der Waals surface area contributed by atoms with Crippen molar-refractivity contribution in [2.24, 2.45) is 0 Å². The van der Waals surface area contributed by atoms with Gasteiger partial charge in [-0.1, -0.05) is 11.6 Å². The fraction of sp³-hybridized carbons (Fsp3) is 0.600. The van der Waals surface area contributed by atoms with E-state index in [1.165, 1.54) is 6.20 Å². The molecule has 1 amide bonds. The van der Waals surface area contributed by atoms with Crippen LogP contribution in [0.2, 0.25) is 5.02 Å². The number of rotatable bonds is 8. The largest absolute Gasteiger partial charge is 0.372 e. The summed E-state index contributed by atoms with van der Waals surface area (Å²) in [5.74, 6) is 0.439. The maximum absolute atomic E-state index is 12.0. The molecule has 6 heteroatoms. The number of amides is 1. The zero-order valence-corrected chi connectivity index (χ0v) is 14.0. The molecule has 1 aromatic rings. The lowest BCUT2D eigenvalue weighted by Gasteiger charge is -2.20. The molecule has 118 valence electrons. The summed E-state index contributed by atoms with van der Waals surface area (Å²) in [5.41, 5.74) is 0.485. The molecular weight excluding hydrogens is 288 g/mol. The van der Waals surface area contributed by atoms with Crippen LogP contribution in [0.25, 0.3) is 0 Å². The molecule has 0 radical (unpaired) electrons. The van der Waals surface area contributed by atoms with Gasteiger partial charge in [-0.15, -0.1) is 0 Å². The molecule has 0 aliphatic heterocycles. The van der Waals surface area contributed by atoms with Crippen LogP contribution in [0.15, 0.2) is 12.3 Å². The summed E-state index contributed by atoms with van der Waals surface area (Å²) >= 11 is 6.01. The highest BCUT2D eigenvalue weighted by Crippen LogP contribution is 2.19. The highest BCUT2D eigenvalue weighted by atomic mass is 35.5. The van der Waals surface area contributed by atoms with Gasteiger partial charge in [0.2, 0.25) is 0 Å². The van der Waals surface area contributed by atoms with Gasteiger partial charge in [0.25, 0.3) is 5.91 Å². The van der Waals surface area contributed by atoms with E-state index in [9.17, 15) is 4.79 Å². The van der Waals surface area contributed by atoms with Crippen molar-refractivity contribution in [2.75, 3.05) is 32.5 Å². The number of nitrogens with zero attached hydrogens (tertiary/aromatic N) is 2. The summed E-state index contributed by atoms with van der Waals surface area (Å²) in [5, 5.41) is 6.20. The van der Waals surface area contributed by atoms with E-state index in [4.69, 9.17) is 11.6 Å². The number of halogens is 1. The second-order valence-corrected chi connectivity index (χ2v) is 5.75. The average molecular weight is 313 g/mol. The smallest absolute Gasteiger partial charge is 0.252 e. The van der Waals surface area contributed by atoms with E-state index in [0.717, 1.165) is 19.4 Å². The third-order valence-corrected chi connectivity index (χ3v) is 3.73. The Morgan fingerprint density at radius 1 is 1.43 bits per heavy atom. The van der Waals surface area contributed by atoms with Gasteiger partial charge in [0.05, 0.1) is 10.6 Å². The summed E-state index contributed by atoms with van der Waals surface area (Å²) in [6, 6.07) is 2.18. The summed E-state index contributed by atoms with van der Waals surface area (Å²) in [6.07, 6.45) is 3.55. The fourth-order valence-corrected chi connectivity index (χ4v) is 2.06. The predicted molar refractivity (Wildman–Crippen MR) is 88.1 cm³/mol. The molecule has 0 aliphatic carbocycles. The molecule has 0 saturated carbocycles. The highest BCUT2D eigenvalue weighted by molar-refractivity contribution is 6.33. The molecule has 0 atom stereocenters. The molecule has 5 nitrogen and oxygen atoms in total. The zero-order chi connectivity index (χ0) is 15.8. The summed E-state index contributed by atoms with van der Waals surface area (Å²) in [7, 11) is 3.85. The first kappa shape index (κ1) is 17.7. The molecule has 21 heavy (non-hydrogen) atoms. The van der Waals surface area contributed by atoms with Crippen LogP contribution in [-0.4, -0.2) is 49.0 Å². The van der Waals surface area contributed by atoms with E-state index in [2.05, 4.69) is 41.4 Å². The maximum Gasteiger partial charge on any atom is 0.252 e. The summed E-state index contributed by atoms with van der Waals surface area (Å²) < 4.78 is 0. The van der Waals surface area contributed by atoms with E-state index < -0.39 is 0 Å². The van der Waals surface area contributed by atoms with Crippen molar-refractivity contribution in [3.63, 3.8) is 0 Å². The average Bonchev–Trinajstić information content (AvgIpc) is 2.46. The van der Waals surface area contributed by atoms with Crippen molar-refractivity contribution in [3.05, 3.63) is 22.8 Å². The van der Waals surface area contributed by atoms with Gasteiger partial charge in [-0.05, 0) is 46.3 Å². The van der Waals surface area contributed by atoms with Crippen LogP contribution >= 0.6 is 11.6 Å².